The van der Waals surface area contributed by atoms with Crippen LogP contribution in [-0.4, -0.2) is 34.0 Å². The number of benzene rings is 1. The van der Waals surface area contributed by atoms with Crippen molar-refractivity contribution in [2.24, 2.45) is 0 Å². The third-order valence-corrected chi connectivity index (χ3v) is 7.21. The third kappa shape index (κ3) is 4.32. The van der Waals surface area contributed by atoms with Crippen LogP contribution in [0.1, 0.15) is 36.0 Å². The van der Waals surface area contributed by atoms with E-state index in [4.69, 9.17) is 23.8 Å². The second kappa shape index (κ2) is 8.97. The van der Waals surface area contributed by atoms with Gasteiger partial charge in [-0.05, 0) is 90.1 Å². The summed E-state index contributed by atoms with van der Waals surface area (Å²) in [7, 11) is 0. The summed E-state index contributed by atoms with van der Waals surface area (Å²) in [5.74, 6) is 0. The van der Waals surface area contributed by atoms with Crippen LogP contribution < -0.4 is 5.32 Å². The van der Waals surface area contributed by atoms with E-state index in [0.29, 0.717) is 0 Å². The summed E-state index contributed by atoms with van der Waals surface area (Å²) in [6.07, 6.45) is 15.2. The van der Waals surface area contributed by atoms with Gasteiger partial charge in [-0.3, -0.25) is 4.98 Å². The first-order chi connectivity index (χ1) is 15.2. The van der Waals surface area contributed by atoms with E-state index in [9.17, 15) is 0 Å². The van der Waals surface area contributed by atoms with Crippen LogP contribution in [0.25, 0.3) is 5.57 Å². The summed E-state index contributed by atoms with van der Waals surface area (Å²) in [5, 5.41) is 4.47. The van der Waals surface area contributed by atoms with Crippen molar-refractivity contribution in [3.63, 3.8) is 0 Å². The zero-order valence-corrected chi connectivity index (χ0v) is 19.1. The minimum absolute atomic E-state index is 0.262. The number of rotatable bonds is 2. The van der Waals surface area contributed by atoms with E-state index in [0.717, 1.165) is 55.2 Å². The number of halogens is 1. The summed E-state index contributed by atoms with van der Waals surface area (Å²) in [5.41, 5.74) is 8.43. The van der Waals surface area contributed by atoms with E-state index in [2.05, 4.69) is 45.7 Å². The van der Waals surface area contributed by atoms with Crippen LogP contribution in [0.5, 0.6) is 0 Å². The number of hydrogen-bond donors (Lipinski definition) is 1. The number of pyridine rings is 1. The topological polar surface area (TPSA) is 28.2 Å². The smallest absolute Gasteiger partial charge is 0.0823 e. The summed E-state index contributed by atoms with van der Waals surface area (Å²) in [4.78, 5) is 7.51. The molecule has 1 aromatic heterocycles. The van der Waals surface area contributed by atoms with Crippen LogP contribution in [-0.2, 0) is 12.8 Å². The highest BCUT2D eigenvalue weighted by Gasteiger charge is 2.30. The van der Waals surface area contributed by atoms with Crippen molar-refractivity contribution in [1.29, 1.82) is 0 Å². The molecule has 0 spiro atoms. The zero-order valence-electron chi connectivity index (χ0n) is 17.5. The average Bonchev–Trinajstić information content (AvgIpc) is 2.96. The van der Waals surface area contributed by atoms with Gasteiger partial charge in [0, 0.05) is 36.9 Å². The summed E-state index contributed by atoms with van der Waals surface area (Å²) in [6.45, 7) is 1.96. The Bertz CT molecular complexity index is 1080. The standard InChI is InChI=1S/C26H26ClN3S/c27-22-5-6-23-21(17-22)4-3-20-2-1-11-29-26(20)25(23)19-9-14-30(15-10-19)24(31)16-18-7-12-28-13-8-18/h1-2,5-8,11-13,17,26,29H,3-4,9-10,14-16H2. The highest BCUT2D eigenvalue weighted by molar-refractivity contribution is 7.80. The highest BCUT2D eigenvalue weighted by atomic mass is 35.5. The molecule has 3 aliphatic rings. The Balaban J connectivity index is 1.41. The molecule has 5 heteroatoms. The van der Waals surface area contributed by atoms with Crippen LogP contribution in [0.3, 0.4) is 0 Å². The fourth-order valence-electron chi connectivity index (χ4n) is 4.97. The molecule has 1 aromatic carbocycles. The van der Waals surface area contributed by atoms with E-state index in [1.165, 1.54) is 27.8 Å². The molecule has 0 saturated carbocycles. The van der Waals surface area contributed by atoms with Crippen LogP contribution in [0.2, 0.25) is 5.02 Å². The maximum absolute atomic E-state index is 6.35. The maximum Gasteiger partial charge on any atom is 0.0823 e. The van der Waals surface area contributed by atoms with Gasteiger partial charge in [0.05, 0.1) is 11.0 Å². The number of hydrogen-bond acceptors (Lipinski definition) is 3. The second-order valence-electron chi connectivity index (χ2n) is 8.43. The Kier molecular flexibility index (Phi) is 5.93. The van der Waals surface area contributed by atoms with Crippen molar-refractivity contribution < 1.29 is 0 Å². The van der Waals surface area contributed by atoms with Crippen molar-refractivity contribution in [2.75, 3.05) is 13.1 Å². The van der Waals surface area contributed by atoms with Crippen LogP contribution >= 0.6 is 23.8 Å². The van der Waals surface area contributed by atoms with Gasteiger partial charge in [-0.1, -0.05) is 41.5 Å². The van der Waals surface area contributed by atoms with Gasteiger partial charge in [0.25, 0.3) is 0 Å². The number of thiocarbonyl (C=S) groups is 1. The Morgan fingerprint density at radius 1 is 1.10 bits per heavy atom. The first kappa shape index (κ1) is 20.5. The molecule has 3 heterocycles. The number of dihydropyridines is 1. The minimum Gasteiger partial charge on any atom is -0.380 e. The van der Waals surface area contributed by atoms with Crippen molar-refractivity contribution in [2.45, 2.75) is 38.1 Å². The molecule has 1 N–H and O–H groups in total. The molecule has 2 aliphatic heterocycles. The zero-order chi connectivity index (χ0) is 21.2. The molecule has 3 nitrogen and oxygen atoms in total. The number of likely N-dealkylation sites (tertiary alicyclic amines) is 1. The third-order valence-electron chi connectivity index (χ3n) is 6.57. The van der Waals surface area contributed by atoms with Gasteiger partial charge in [-0.2, -0.15) is 0 Å². The molecular formula is C26H26ClN3S. The van der Waals surface area contributed by atoms with E-state index in [-0.39, 0.29) is 6.04 Å². The second-order valence-corrected chi connectivity index (χ2v) is 9.34. The van der Waals surface area contributed by atoms with Gasteiger partial charge in [0.1, 0.15) is 0 Å². The van der Waals surface area contributed by atoms with Crippen molar-refractivity contribution in [3.8, 4) is 0 Å². The quantitative estimate of drug-likeness (QED) is 0.614. The first-order valence-corrected chi connectivity index (χ1v) is 11.8. The van der Waals surface area contributed by atoms with E-state index < -0.39 is 0 Å². The Morgan fingerprint density at radius 2 is 1.90 bits per heavy atom. The van der Waals surface area contributed by atoms with Crippen molar-refractivity contribution >= 4 is 34.4 Å². The van der Waals surface area contributed by atoms with Gasteiger partial charge in [0.15, 0.2) is 0 Å². The molecule has 1 unspecified atom stereocenters. The minimum atomic E-state index is 0.262. The maximum atomic E-state index is 6.35. The summed E-state index contributed by atoms with van der Waals surface area (Å²) < 4.78 is 0. The van der Waals surface area contributed by atoms with Crippen LogP contribution in [0, 0.1) is 0 Å². The number of nitrogens with one attached hydrogen (secondary N) is 1. The van der Waals surface area contributed by atoms with Crippen molar-refractivity contribution in [3.05, 3.63) is 93.9 Å². The number of nitrogens with zero attached hydrogens (tertiary/aromatic N) is 2. The van der Waals surface area contributed by atoms with Gasteiger partial charge >= 0.3 is 0 Å². The number of allylic oxidation sites excluding steroid dienone is 2. The predicted molar refractivity (Wildman–Crippen MR) is 132 cm³/mol. The monoisotopic (exact) mass is 447 g/mol. The normalized spacial score (nSPS) is 20.4. The summed E-state index contributed by atoms with van der Waals surface area (Å²) >= 11 is 12.1. The van der Waals surface area contributed by atoms with Gasteiger partial charge in [-0.15, -0.1) is 0 Å². The molecule has 2 aromatic rings. The van der Waals surface area contributed by atoms with Crippen LogP contribution in [0.4, 0.5) is 0 Å². The lowest BCUT2D eigenvalue weighted by molar-refractivity contribution is 0.389. The summed E-state index contributed by atoms with van der Waals surface area (Å²) in [6, 6.07) is 10.8. The molecule has 1 aliphatic carbocycles. The Hall–Kier alpha value is -2.43. The number of aromatic nitrogens is 1. The fourth-order valence-corrected chi connectivity index (χ4v) is 5.51. The molecular weight excluding hydrogens is 422 g/mol. The lowest BCUT2D eigenvalue weighted by Gasteiger charge is -2.34. The number of piperidine rings is 1. The molecule has 0 radical (unpaired) electrons. The number of fused-ring (bicyclic) bond motifs is 2. The van der Waals surface area contributed by atoms with Gasteiger partial charge < -0.3 is 10.2 Å². The van der Waals surface area contributed by atoms with E-state index >= 15 is 0 Å². The van der Waals surface area contributed by atoms with E-state index in [1.54, 1.807) is 5.57 Å². The lowest BCUT2D eigenvalue weighted by atomic mass is 9.85. The van der Waals surface area contributed by atoms with E-state index in [1.807, 2.05) is 30.6 Å². The molecule has 158 valence electrons. The Morgan fingerprint density at radius 3 is 2.71 bits per heavy atom. The molecule has 1 atom stereocenters. The molecule has 1 fully saturated rings. The highest BCUT2D eigenvalue weighted by Crippen LogP contribution is 2.39. The largest absolute Gasteiger partial charge is 0.380 e. The number of aryl methyl sites for hydroxylation is 1. The first-order valence-electron chi connectivity index (χ1n) is 11.0. The van der Waals surface area contributed by atoms with Crippen LogP contribution in [0.15, 0.2) is 72.2 Å². The Labute approximate surface area is 194 Å². The molecule has 0 bridgehead atoms. The fraction of sp³-hybridized carbons (Fsp3) is 0.308. The SMILES string of the molecule is S=C(Cc1ccncc1)N1CCC(=C2c3ccc(Cl)cc3CCC3=CC=CNC32)CC1. The van der Waals surface area contributed by atoms with Gasteiger partial charge in [-0.25, -0.2) is 0 Å². The molecule has 31 heavy (non-hydrogen) atoms. The van der Waals surface area contributed by atoms with Crippen molar-refractivity contribution in [1.82, 2.24) is 15.2 Å². The molecule has 1 saturated heterocycles. The van der Waals surface area contributed by atoms with Gasteiger partial charge in [0.2, 0.25) is 0 Å². The lowest BCUT2D eigenvalue weighted by Crippen LogP contribution is -2.37. The average molecular weight is 448 g/mol. The molecule has 0 amide bonds. The molecule has 5 rings (SSSR count). The predicted octanol–water partition coefficient (Wildman–Crippen LogP) is 5.51.